The molecule has 0 aliphatic carbocycles. The molecule has 1 atom stereocenters. The summed E-state index contributed by atoms with van der Waals surface area (Å²) in [5, 5.41) is 7.63. The highest BCUT2D eigenvalue weighted by molar-refractivity contribution is 6.03. The SMILES string of the molecule is COCCNC(=O)[C@@H](C)OC(=O)c1cc(C(C)C)nc2c1cnn2C(C)C. The fraction of sp³-hybridized carbons (Fsp3) is 0.579. The van der Waals surface area contributed by atoms with Gasteiger partial charge in [-0.25, -0.2) is 14.5 Å². The van der Waals surface area contributed by atoms with E-state index in [1.165, 1.54) is 0 Å². The van der Waals surface area contributed by atoms with Gasteiger partial charge < -0.3 is 14.8 Å². The molecule has 0 radical (unpaired) electrons. The first-order chi connectivity index (χ1) is 12.8. The van der Waals surface area contributed by atoms with E-state index in [9.17, 15) is 9.59 Å². The molecule has 27 heavy (non-hydrogen) atoms. The van der Waals surface area contributed by atoms with E-state index in [0.717, 1.165) is 5.69 Å². The zero-order chi connectivity index (χ0) is 20.1. The zero-order valence-corrected chi connectivity index (χ0v) is 16.8. The van der Waals surface area contributed by atoms with Crippen LogP contribution in [0.3, 0.4) is 0 Å². The lowest BCUT2D eigenvalue weighted by Gasteiger charge is -2.15. The summed E-state index contributed by atoms with van der Waals surface area (Å²) >= 11 is 0. The summed E-state index contributed by atoms with van der Waals surface area (Å²) in [7, 11) is 1.55. The van der Waals surface area contributed by atoms with Gasteiger partial charge in [0.15, 0.2) is 11.8 Å². The van der Waals surface area contributed by atoms with Gasteiger partial charge in [-0.3, -0.25) is 4.79 Å². The highest BCUT2D eigenvalue weighted by atomic mass is 16.5. The number of fused-ring (bicyclic) bond motifs is 1. The highest BCUT2D eigenvalue weighted by Gasteiger charge is 2.23. The Labute approximate surface area is 159 Å². The maximum Gasteiger partial charge on any atom is 0.339 e. The number of carbonyl (C=O) groups excluding carboxylic acids is 2. The second-order valence-corrected chi connectivity index (χ2v) is 7.00. The summed E-state index contributed by atoms with van der Waals surface area (Å²) in [6, 6.07) is 1.82. The van der Waals surface area contributed by atoms with E-state index in [1.54, 1.807) is 31.0 Å². The average Bonchev–Trinajstić information content (AvgIpc) is 3.04. The minimum atomic E-state index is -0.916. The zero-order valence-electron chi connectivity index (χ0n) is 16.8. The molecule has 2 rings (SSSR count). The second kappa shape index (κ2) is 8.94. The van der Waals surface area contributed by atoms with Crippen LogP contribution in [0.2, 0.25) is 0 Å². The number of hydrogen-bond acceptors (Lipinski definition) is 6. The van der Waals surface area contributed by atoms with Crippen LogP contribution in [-0.4, -0.2) is 53.0 Å². The van der Waals surface area contributed by atoms with Crippen LogP contribution in [0, 0.1) is 0 Å². The molecule has 8 heteroatoms. The molecule has 2 aromatic rings. The quantitative estimate of drug-likeness (QED) is 0.562. The van der Waals surface area contributed by atoms with E-state index in [-0.39, 0.29) is 17.9 Å². The molecule has 0 aliphatic heterocycles. The smallest absolute Gasteiger partial charge is 0.339 e. The number of nitrogens with one attached hydrogen (secondary N) is 1. The number of methoxy groups -OCH3 is 1. The number of nitrogens with zero attached hydrogens (tertiary/aromatic N) is 3. The number of rotatable bonds is 8. The van der Waals surface area contributed by atoms with E-state index in [0.29, 0.717) is 29.7 Å². The molecular weight excluding hydrogens is 348 g/mol. The standard InChI is InChI=1S/C19H28N4O4/c1-11(2)16-9-14(15-10-21-23(12(3)4)17(15)22-16)19(25)27-13(5)18(24)20-7-8-26-6/h9-13H,7-8H2,1-6H3,(H,20,24)/t13-/m1/s1. The number of pyridine rings is 1. The molecular formula is C19H28N4O4. The Morgan fingerprint density at radius 1 is 1.22 bits per heavy atom. The Bertz CT molecular complexity index is 813. The van der Waals surface area contributed by atoms with E-state index >= 15 is 0 Å². The predicted octanol–water partition coefficient (Wildman–Crippen LogP) is 2.44. The van der Waals surface area contributed by atoms with Gasteiger partial charge >= 0.3 is 5.97 Å². The van der Waals surface area contributed by atoms with Gasteiger partial charge in [0.05, 0.1) is 23.8 Å². The summed E-state index contributed by atoms with van der Waals surface area (Å²) in [6.45, 7) is 10.3. The third-order valence-electron chi connectivity index (χ3n) is 4.15. The van der Waals surface area contributed by atoms with E-state index in [4.69, 9.17) is 9.47 Å². The van der Waals surface area contributed by atoms with Gasteiger partial charge in [-0.15, -0.1) is 0 Å². The van der Waals surface area contributed by atoms with E-state index < -0.39 is 12.1 Å². The fourth-order valence-electron chi connectivity index (χ4n) is 2.58. The van der Waals surface area contributed by atoms with Crippen LogP contribution in [0.25, 0.3) is 11.0 Å². The predicted molar refractivity (Wildman–Crippen MR) is 102 cm³/mol. The molecule has 8 nitrogen and oxygen atoms in total. The first-order valence-electron chi connectivity index (χ1n) is 9.12. The first-order valence-corrected chi connectivity index (χ1v) is 9.12. The van der Waals surface area contributed by atoms with Crippen molar-refractivity contribution in [2.75, 3.05) is 20.3 Å². The number of aromatic nitrogens is 3. The van der Waals surface area contributed by atoms with Gasteiger partial charge in [-0.2, -0.15) is 5.10 Å². The van der Waals surface area contributed by atoms with Crippen LogP contribution in [0.4, 0.5) is 0 Å². The molecule has 1 amide bonds. The summed E-state index contributed by atoms with van der Waals surface area (Å²) in [5.74, 6) is -0.805. The monoisotopic (exact) mass is 376 g/mol. The van der Waals surface area contributed by atoms with Crippen molar-refractivity contribution in [1.29, 1.82) is 0 Å². The third-order valence-corrected chi connectivity index (χ3v) is 4.15. The van der Waals surface area contributed by atoms with Crippen LogP contribution in [0.1, 0.15) is 62.6 Å². The second-order valence-electron chi connectivity index (χ2n) is 7.00. The maximum absolute atomic E-state index is 12.8. The summed E-state index contributed by atoms with van der Waals surface area (Å²) in [6.07, 6.45) is 0.701. The number of carbonyl (C=O) groups is 2. The van der Waals surface area contributed by atoms with Gasteiger partial charge in [-0.05, 0) is 32.8 Å². The van der Waals surface area contributed by atoms with Crippen molar-refractivity contribution in [1.82, 2.24) is 20.1 Å². The van der Waals surface area contributed by atoms with Crippen molar-refractivity contribution in [2.45, 2.75) is 52.7 Å². The van der Waals surface area contributed by atoms with Gasteiger partial charge in [0.25, 0.3) is 5.91 Å². The van der Waals surface area contributed by atoms with Crippen LogP contribution in [-0.2, 0) is 14.3 Å². The van der Waals surface area contributed by atoms with Gasteiger partial charge in [0.2, 0.25) is 0 Å². The number of esters is 1. The lowest BCUT2D eigenvalue weighted by molar-refractivity contribution is -0.129. The molecule has 2 heterocycles. The average molecular weight is 376 g/mol. The molecule has 0 fully saturated rings. The van der Waals surface area contributed by atoms with Crippen molar-refractivity contribution < 1.29 is 19.1 Å². The molecule has 2 aromatic heterocycles. The van der Waals surface area contributed by atoms with Crippen molar-refractivity contribution in [3.8, 4) is 0 Å². The van der Waals surface area contributed by atoms with E-state index in [1.807, 2.05) is 27.7 Å². The number of hydrogen-bond donors (Lipinski definition) is 1. The van der Waals surface area contributed by atoms with Crippen LogP contribution in [0.5, 0.6) is 0 Å². The summed E-state index contributed by atoms with van der Waals surface area (Å²) in [5.41, 5.74) is 1.78. The van der Waals surface area contributed by atoms with Crippen LogP contribution in [0.15, 0.2) is 12.3 Å². The maximum atomic E-state index is 12.8. The Kier molecular flexibility index (Phi) is 6.90. The molecule has 0 bridgehead atoms. The van der Waals surface area contributed by atoms with Crippen molar-refractivity contribution in [2.24, 2.45) is 0 Å². The summed E-state index contributed by atoms with van der Waals surface area (Å²) < 4.78 is 12.1. The molecule has 0 aliphatic rings. The highest BCUT2D eigenvalue weighted by Crippen LogP contribution is 2.25. The third kappa shape index (κ3) is 4.82. The Balaban J connectivity index is 2.30. The molecule has 0 unspecified atom stereocenters. The van der Waals surface area contributed by atoms with Crippen LogP contribution >= 0.6 is 0 Å². The summed E-state index contributed by atoms with van der Waals surface area (Å²) in [4.78, 5) is 29.5. The van der Waals surface area contributed by atoms with Gasteiger partial charge in [-0.1, -0.05) is 13.8 Å². The molecule has 0 saturated heterocycles. The number of amides is 1. The largest absolute Gasteiger partial charge is 0.449 e. The Morgan fingerprint density at radius 2 is 1.93 bits per heavy atom. The molecule has 0 spiro atoms. The lowest BCUT2D eigenvalue weighted by Crippen LogP contribution is -2.37. The fourth-order valence-corrected chi connectivity index (χ4v) is 2.58. The minimum absolute atomic E-state index is 0.103. The van der Waals surface area contributed by atoms with Crippen molar-refractivity contribution >= 4 is 22.9 Å². The van der Waals surface area contributed by atoms with Crippen LogP contribution < -0.4 is 5.32 Å². The molecule has 0 saturated carbocycles. The topological polar surface area (TPSA) is 95.3 Å². The van der Waals surface area contributed by atoms with Gasteiger partial charge in [0.1, 0.15) is 0 Å². The molecule has 1 N–H and O–H groups in total. The van der Waals surface area contributed by atoms with Crippen molar-refractivity contribution in [3.05, 3.63) is 23.5 Å². The van der Waals surface area contributed by atoms with Gasteiger partial charge in [0, 0.05) is 25.4 Å². The number of ether oxygens (including phenoxy) is 2. The van der Waals surface area contributed by atoms with E-state index in [2.05, 4.69) is 15.4 Å². The molecule has 0 aromatic carbocycles. The Hall–Kier alpha value is -2.48. The molecule has 148 valence electrons. The Morgan fingerprint density at radius 3 is 2.52 bits per heavy atom. The normalized spacial score (nSPS) is 12.6. The van der Waals surface area contributed by atoms with Crippen molar-refractivity contribution in [3.63, 3.8) is 0 Å². The first kappa shape index (κ1) is 20.8. The minimum Gasteiger partial charge on any atom is -0.449 e. The lowest BCUT2D eigenvalue weighted by atomic mass is 10.1.